The predicted octanol–water partition coefficient (Wildman–Crippen LogP) is 2.12. The summed E-state index contributed by atoms with van der Waals surface area (Å²) < 4.78 is 0. The molecule has 0 aliphatic heterocycles. The number of anilines is 1. The lowest BCUT2D eigenvalue weighted by Crippen LogP contribution is -2.23. The highest BCUT2D eigenvalue weighted by molar-refractivity contribution is 6.02. The molecular weight excluding hydrogens is 252 g/mol. The Balaban J connectivity index is 2.32. The SMILES string of the molecule is Cc1ccc(N(C)Cc2ccccn2)c(/C(N)=N/O)c1. The van der Waals surface area contributed by atoms with Gasteiger partial charge in [0.15, 0.2) is 5.84 Å². The molecule has 0 radical (unpaired) electrons. The van der Waals surface area contributed by atoms with Crippen LogP contribution in [0.3, 0.4) is 0 Å². The summed E-state index contributed by atoms with van der Waals surface area (Å²) in [7, 11) is 1.95. The minimum atomic E-state index is 0.108. The number of hydrogen-bond acceptors (Lipinski definition) is 4. The summed E-state index contributed by atoms with van der Waals surface area (Å²) in [5, 5.41) is 12.0. The number of hydrogen-bond donors (Lipinski definition) is 2. The summed E-state index contributed by atoms with van der Waals surface area (Å²) in [4.78, 5) is 6.33. The first kappa shape index (κ1) is 13.9. The van der Waals surface area contributed by atoms with Gasteiger partial charge in [-0.05, 0) is 31.2 Å². The van der Waals surface area contributed by atoms with Gasteiger partial charge < -0.3 is 15.8 Å². The molecule has 20 heavy (non-hydrogen) atoms. The van der Waals surface area contributed by atoms with Crippen molar-refractivity contribution >= 4 is 11.5 Å². The van der Waals surface area contributed by atoms with E-state index in [1.54, 1.807) is 6.20 Å². The van der Waals surface area contributed by atoms with E-state index in [0.29, 0.717) is 12.1 Å². The molecule has 0 fully saturated rings. The third-order valence-corrected chi connectivity index (χ3v) is 3.07. The Kier molecular flexibility index (Phi) is 4.20. The second-order valence-electron chi connectivity index (χ2n) is 4.68. The number of aryl methyl sites for hydroxylation is 1. The first-order chi connectivity index (χ1) is 9.61. The van der Waals surface area contributed by atoms with E-state index in [1.807, 2.05) is 55.3 Å². The second-order valence-corrected chi connectivity index (χ2v) is 4.68. The van der Waals surface area contributed by atoms with E-state index < -0.39 is 0 Å². The number of nitrogens with two attached hydrogens (primary N) is 1. The Labute approximate surface area is 118 Å². The van der Waals surface area contributed by atoms with Gasteiger partial charge in [-0.25, -0.2) is 0 Å². The van der Waals surface area contributed by atoms with Crippen molar-refractivity contribution in [3.8, 4) is 0 Å². The van der Waals surface area contributed by atoms with Crippen molar-refractivity contribution in [1.82, 2.24) is 4.98 Å². The highest BCUT2D eigenvalue weighted by Gasteiger charge is 2.12. The Hall–Kier alpha value is -2.56. The minimum absolute atomic E-state index is 0.108. The van der Waals surface area contributed by atoms with Crippen molar-refractivity contribution in [2.75, 3.05) is 11.9 Å². The molecular formula is C15H18N4O. The number of pyridine rings is 1. The third kappa shape index (κ3) is 3.06. The van der Waals surface area contributed by atoms with Crippen molar-refractivity contribution in [3.63, 3.8) is 0 Å². The highest BCUT2D eigenvalue weighted by atomic mass is 16.4. The van der Waals surface area contributed by atoms with Crippen molar-refractivity contribution in [1.29, 1.82) is 0 Å². The molecule has 0 aliphatic rings. The quantitative estimate of drug-likeness (QED) is 0.386. The van der Waals surface area contributed by atoms with Crippen molar-refractivity contribution < 1.29 is 5.21 Å². The molecule has 3 N–H and O–H groups in total. The molecule has 0 saturated carbocycles. The summed E-state index contributed by atoms with van der Waals surface area (Å²) in [5.74, 6) is 0.108. The Morgan fingerprint density at radius 2 is 2.15 bits per heavy atom. The van der Waals surface area contributed by atoms with E-state index in [9.17, 15) is 0 Å². The molecule has 0 spiro atoms. The Morgan fingerprint density at radius 3 is 2.80 bits per heavy atom. The fourth-order valence-electron chi connectivity index (χ4n) is 2.06. The molecule has 1 aromatic heterocycles. The zero-order valence-electron chi connectivity index (χ0n) is 11.6. The van der Waals surface area contributed by atoms with Crippen LogP contribution < -0.4 is 10.6 Å². The van der Waals surface area contributed by atoms with E-state index >= 15 is 0 Å². The van der Waals surface area contributed by atoms with Crippen LogP contribution in [0.1, 0.15) is 16.8 Å². The summed E-state index contributed by atoms with van der Waals surface area (Å²) in [6.07, 6.45) is 1.77. The van der Waals surface area contributed by atoms with Gasteiger partial charge in [-0.3, -0.25) is 4.98 Å². The molecule has 0 amide bonds. The van der Waals surface area contributed by atoms with Crippen LogP contribution in [-0.2, 0) is 6.54 Å². The minimum Gasteiger partial charge on any atom is -0.409 e. The summed E-state index contributed by atoms with van der Waals surface area (Å²) >= 11 is 0. The summed E-state index contributed by atoms with van der Waals surface area (Å²) in [5.41, 5.74) is 9.38. The number of amidine groups is 1. The molecule has 5 nitrogen and oxygen atoms in total. The highest BCUT2D eigenvalue weighted by Crippen LogP contribution is 2.22. The molecule has 2 rings (SSSR count). The Morgan fingerprint density at radius 1 is 1.35 bits per heavy atom. The molecule has 1 aromatic carbocycles. The fourth-order valence-corrected chi connectivity index (χ4v) is 2.06. The molecule has 104 valence electrons. The van der Waals surface area contributed by atoms with Crippen molar-refractivity contribution in [3.05, 3.63) is 59.4 Å². The van der Waals surface area contributed by atoms with E-state index in [2.05, 4.69) is 10.1 Å². The number of aromatic nitrogens is 1. The van der Waals surface area contributed by atoms with Gasteiger partial charge in [0.2, 0.25) is 0 Å². The number of benzene rings is 1. The summed E-state index contributed by atoms with van der Waals surface area (Å²) in [6.45, 7) is 2.62. The lowest BCUT2D eigenvalue weighted by atomic mass is 10.1. The lowest BCUT2D eigenvalue weighted by molar-refractivity contribution is 0.318. The summed E-state index contributed by atoms with van der Waals surface area (Å²) in [6, 6.07) is 11.7. The number of oxime groups is 1. The van der Waals surface area contributed by atoms with Gasteiger partial charge in [-0.15, -0.1) is 0 Å². The van der Waals surface area contributed by atoms with E-state index in [0.717, 1.165) is 16.9 Å². The molecule has 0 bridgehead atoms. The van der Waals surface area contributed by atoms with Crippen LogP contribution in [0.2, 0.25) is 0 Å². The van der Waals surface area contributed by atoms with Crippen LogP contribution in [0.25, 0.3) is 0 Å². The molecule has 0 unspecified atom stereocenters. The van der Waals surface area contributed by atoms with Crippen molar-refractivity contribution in [2.45, 2.75) is 13.5 Å². The standard InChI is InChI=1S/C15H18N4O/c1-11-6-7-14(13(9-11)15(16)18-20)19(2)10-12-5-3-4-8-17-12/h3-9,20H,10H2,1-2H3,(H2,16,18). The number of nitrogens with zero attached hydrogens (tertiary/aromatic N) is 3. The first-order valence-corrected chi connectivity index (χ1v) is 6.31. The smallest absolute Gasteiger partial charge is 0.172 e. The first-order valence-electron chi connectivity index (χ1n) is 6.31. The van der Waals surface area contributed by atoms with Gasteiger partial charge in [0.05, 0.1) is 12.2 Å². The Bertz CT molecular complexity index is 611. The maximum Gasteiger partial charge on any atom is 0.172 e. The second kappa shape index (κ2) is 6.06. The molecule has 0 aliphatic carbocycles. The van der Waals surface area contributed by atoms with E-state index in [4.69, 9.17) is 10.9 Å². The molecule has 1 heterocycles. The van der Waals surface area contributed by atoms with Crippen LogP contribution in [0.4, 0.5) is 5.69 Å². The third-order valence-electron chi connectivity index (χ3n) is 3.07. The maximum atomic E-state index is 8.91. The van der Waals surface area contributed by atoms with Gasteiger partial charge in [0, 0.05) is 24.5 Å². The van der Waals surface area contributed by atoms with Crippen LogP contribution >= 0.6 is 0 Å². The lowest BCUT2D eigenvalue weighted by Gasteiger charge is -2.22. The molecule has 2 aromatic rings. The fraction of sp³-hybridized carbons (Fsp3) is 0.200. The predicted molar refractivity (Wildman–Crippen MR) is 80.0 cm³/mol. The van der Waals surface area contributed by atoms with Gasteiger partial charge in [0.25, 0.3) is 0 Å². The maximum absolute atomic E-state index is 8.91. The van der Waals surface area contributed by atoms with E-state index in [-0.39, 0.29) is 5.84 Å². The largest absolute Gasteiger partial charge is 0.409 e. The zero-order valence-corrected chi connectivity index (χ0v) is 11.6. The van der Waals surface area contributed by atoms with Gasteiger partial charge in [0.1, 0.15) is 0 Å². The average Bonchev–Trinajstić information content (AvgIpc) is 2.47. The van der Waals surface area contributed by atoms with Crippen LogP contribution in [0.5, 0.6) is 0 Å². The van der Waals surface area contributed by atoms with Crippen LogP contribution in [0.15, 0.2) is 47.8 Å². The van der Waals surface area contributed by atoms with Crippen LogP contribution in [-0.4, -0.2) is 23.1 Å². The monoisotopic (exact) mass is 270 g/mol. The number of rotatable bonds is 4. The van der Waals surface area contributed by atoms with Crippen LogP contribution in [0, 0.1) is 6.92 Å². The normalized spacial score (nSPS) is 11.4. The van der Waals surface area contributed by atoms with Gasteiger partial charge in [-0.1, -0.05) is 22.9 Å². The topological polar surface area (TPSA) is 74.7 Å². The molecule has 0 atom stereocenters. The average molecular weight is 270 g/mol. The molecule has 5 heteroatoms. The van der Waals surface area contributed by atoms with Crippen molar-refractivity contribution in [2.24, 2.45) is 10.9 Å². The van der Waals surface area contributed by atoms with E-state index in [1.165, 1.54) is 0 Å². The van der Waals surface area contributed by atoms with Gasteiger partial charge in [-0.2, -0.15) is 0 Å². The zero-order chi connectivity index (χ0) is 14.5. The molecule has 0 saturated heterocycles. The van der Waals surface area contributed by atoms with Gasteiger partial charge >= 0.3 is 0 Å².